The Kier molecular flexibility index (Phi) is 8.42. The zero-order valence-electron chi connectivity index (χ0n) is 8.18. The summed E-state index contributed by atoms with van der Waals surface area (Å²) < 4.78 is 9.09. The molecule has 4 nitrogen and oxygen atoms in total. The maximum absolute atomic E-state index is 10.4. The lowest BCUT2D eigenvalue weighted by Crippen LogP contribution is -2.32. The predicted octanol–water partition coefficient (Wildman–Crippen LogP) is 1.68. The smallest absolute Gasteiger partial charge is 0.320 e. The first-order chi connectivity index (χ1) is 7.43. The van der Waals surface area contributed by atoms with Crippen LogP contribution in [0.5, 0.6) is 0 Å². The average molecular weight is 284 g/mol. The molecule has 0 aliphatic carbocycles. The molecule has 1 aromatic carbocycles. The summed E-state index contributed by atoms with van der Waals surface area (Å²) in [6.45, 7) is 0. The second-order valence-electron chi connectivity index (χ2n) is 2.82. The number of nitrogens with two attached hydrogens (primary N) is 1. The maximum Gasteiger partial charge on any atom is 0.320 e. The molecule has 16 heavy (non-hydrogen) atoms. The third-order valence-electron chi connectivity index (χ3n) is 1.62. The number of hydrogen-bond donors (Lipinski definition) is 2. The SMILES string of the molecule is NC(Cc1ccccc1)C(=O)O.[O-][S+](Cl)Cl. The number of carbonyl (C=O) groups is 1. The molecule has 0 saturated carbocycles. The minimum atomic E-state index is -1.67. The van der Waals surface area contributed by atoms with Gasteiger partial charge in [0, 0.05) is 0 Å². The molecule has 0 heterocycles. The van der Waals surface area contributed by atoms with Gasteiger partial charge in [0.1, 0.15) is 6.04 Å². The van der Waals surface area contributed by atoms with Crippen LogP contribution in [0.3, 0.4) is 0 Å². The van der Waals surface area contributed by atoms with Crippen molar-refractivity contribution in [1.29, 1.82) is 0 Å². The molecule has 0 radical (unpaired) electrons. The Morgan fingerprint density at radius 1 is 1.44 bits per heavy atom. The van der Waals surface area contributed by atoms with Crippen molar-refractivity contribution in [2.75, 3.05) is 0 Å². The number of rotatable bonds is 3. The normalized spacial score (nSPS) is 11.6. The highest BCUT2D eigenvalue weighted by atomic mass is 36.0. The van der Waals surface area contributed by atoms with E-state index in [1.165, 1.54) is 0 Å². The summed E-state index contributed by atoms with van der Waals surface area (Å²) in [5.74, 6) is -0.959. The third kappa shape index (κ3) is 8.82. The first-order valence-electron chi connectivity index (χ1n) is 4.20. The fourth-order valence-corrected chi connectivity index (χ4v) is 0.955. The van der Waals surface area contributed by atoms with Gasteiger partial charge in [0.25, 0.3) is 0 Å². The highest BCUT2D eigenvalue weighted by Crippen LogP contribution is 2.01. The van der Waals surface area contributed by atoms with Gasteiger partial charge in [-0.2, -0.15) is 0 Å². The standard InChI is InChI=1S/C9H11NO2.Cl2OS/c10-8(9(11)12)6-7-4-2-1-3-5-7;1-4(2)3/h1-5,8H,6,10H2,(H,11,12);. The van der Waals surface area contributed by atoms with Crippen LogP contribution in [0, 0.1) is 0 Å². The number of aliphatic carboxylic acids is 1. The van der Waals surface area contributed by atoms with E-state index in [1.807, 2.05) is 30.3 Å². The van der Waals surface area contributed by atoms with Crippen molar-refractivity contribution in [3.8, 4) is 0 Å². The fourth-order valence-electron chi connectivity index (χ4n) is 0.955. The number of carboxylic acids is 1. The first kappa shape index (κ1) is 15.5. The molecule has 1 atom stereocenters. The minimum Gasteiger partial charge on any atom is -0.582 e. The molecule has 7 heteroatoms. The molecule has 1 rings (SSSR count). The van der Waals surface area contributed by atoms with Gasteiger partial charge in [-0.1, -0.05) is 30.3 Å². The van der Waals surface area contributed by atoms with Crippen molar-refractivity contribution in [2.24, 2.45) is 5.73 Å². The Hall–Kier alpha value is -0.460. The molecule has 0 aliphatic rings. The summed E-state index contributed by atoms with van der Waals surface area (Å²) in [6, 6.07) is 8.54. The van der Waals surface area contributed by atoms with Gasteiger partial charge >= 0.3 is 5.97 Å². The lowest BCUT2D eigenvalue weighted by Gasteiger charge is -2.04. The third-order valence-corrected chi connectivity index (χ3v) is 1.62. The molecule has 0 aliphatic heterocycles. The van der Waals surface area contributed by atoms with Gasteiger partial charge in [-0.05, 0) is 12.0 Å². The summed E-state index contributed by atoms with van der Waals surface area (Å²) >= 11 is 0. The Bertz CT molecular complexity index is 308. The van der Waals surface area contributed by atoms with Gasteiger partial charge in [-0.15, -0.1) is 0 Å². The van der Waals surface area contributed by atoms with E-state index in [2.05, 4.69) is 21.4 Å². The maximum atomic E-state index is 10.4. The second-order valence-corrected chi connectivity index (χ2v) is 5.34. The van der Waals surface area contributed by atoms with Gasteiger partial charge in [0.15, 0.2) is 31.0 Å². The van der Waals surface area contributed by atoms with Gasteiger partial charge in [-0.25, -0.2) is 0 Å². The van der Waals surface area contributed by atoms with Crippen LogP contribution in [-0.2, 0) is 20.8 Å². The van der Waals surface area contributed by atoms with E-state index in [4.69, 9.17) is 15.4 Å². The van der Waals surface area contributed by atoms with Crippen molar-refractivity contribution in [1.82, 2.24) is 0 Å². The highest BCUT2D eigenvalue weighted by molar-refractivity contribution is 8.31. The van der Waals surface area contributed by atoms with Gasteiger partial charge in [0.05, 0.1) is 0 Å². The van der Waals surface area contributed by atoms with E-state index in [1.54, 1.807) is 0 Å². The summed E-state index contributed by atoms with van der Waals surface area (Å²) in [4.78, 5) is 10.4. The molecular weight excluding hydrogens is 273 g/mol. The minimum absolute atomic E-state index is 0.385. The van der Waals surface area contributed by atoms with Crippen molar-refractivity contribution in [2.45, 2.75) is 12.5 Å². The van der Waals surface area contributed by atoms with Crippen molar-refractivity contribution < 1.29 is 14.5 Å². The predicted molar refractivity (Wildman–Crippen MR) is 65.6 cm³/mol. The van der Waals surface area contributed by atoms with Crippen molar-refractivity contribution in [3.05, 3.63) is 35.9 Å². The number of benzene rings is 1. The van der Waals surface area contributed by atoms with E-state index < -0.39 is 21.6 Å². The van der Waals surface area contributed by atoms with Gasteiger partial charge in [0.2, 0.25) is 0 Å². The molecule has 0 spiro atoms. The van der Waals surface area contributed by atoms with Crippen LogP contribution in [0.25, 0.3) is 0 Å². The van der Waals surface area contributed by atoms with Crippen LogP contribution in [0.4, 0.5) is 0 Å². The number of hydrogen-bond acceptors (Lipinski definition) is 3. The topological polar surface area (TPSA) is 86.4 Å². The highest BCUT2D eigenvalue weighted by Gasteiger charge is 2.10. The summed E-state index contributed by atoms with van der Waals surface area (Å²) in [5.41, 5.74) is 6.30. The van der Waals surface area contributed by atoms with E-state index in [-0.39, 0.29) is 0 Å². The summed E-state index contributed by atoms with van der Waals surface area (Å²) in [6.07, 6.45) is 0.385. The molecule has 1 aromatic rings. The molecule has 3 N–H and O–H groups in total. The molecule has 0 aromatic heterocycles. The molecule has 1 unspecified atom stereocenters. The molecule has 0 bridgehead atoms. The Labute approximate surface area is 106 Å². The van der Waals surface area contributed by atoms with Crippen LogP contribution in [-0.4, -0.2) is 21.7 Å². The number of carboxylic acid groups (broad SMARTS) is 1. The number of halogens is 2. The zero-order chi connectivity index (χ0) is 12.6. The monoisotopic (exact) mass is 283 g/mol. The molecule has 0 fully saturated rings. The van der Waals surface area contributed by atoms with Crippen LogP contribution in [0.1, 0.15) is 5.56 Å². The van der Waals surface area contributed by atoms with E-state index in [9.17, 15) is 4.79 Å². The second kappa shape index (κ2) is 8.66. The lowest BCUT2D eigenvalue weighted by atomic mass is 10.1. The molecular formula is C9H11Cl2NO3S. The Morgan fingerprint density at radius 3 is 2.25 bits per heavy atom. The van der Waals surface area contributed by atoms with Crippen LogP contribution in [0.2, 0.25) is 0 Å². The summed E-state index contributed by atoms with van der Waals surface area (Å²) in [5, 5.41) is 8.52. The average Bonchev–Trinajstić information content (AvgIpc) is 2.18. The Balaban J connectivity index is 0.000000487. The largest absolute Gasteiger partial charge is 0.582 e. The van der Waals surface area contributed by atoms with Crippen LogP contribution < -0.4 is 5.73 Å². The zero-order valence-corrected chi connectivity index (χ0v) is 10.5. The van der Waals surface area contributed by atoms with Crippen LogP contribution in [0.15, 0.2) is 30.3 Å². The van der Waals surface area contributed by atoms with Gasteiger partial charge < -0.3 is 15.4 Å². The van der Waals surface area contributed by atoms with E-state index in [0.717, 1.165) is 5.56 Å². The fraction of sp³-hybridized carbons (Fsp3) is 0.222. The quantitative estimate of drug-likeness (QED) is 0.827. The summed E-state index contributed by atoms with van der Waals surface area (Å²) in [7, 11) is 7.36. The van der Waals surface area contributed by atoms with E-state index in [0.29, 0.717) is 6.42 Å². The molecule has 90 valence electrons. The molecule has 0 saturated heterocycles. The van der Waals surface area contributed by atoms with Crippen LogP contribution >= 0.6 is 21.4 Å². The van der Waals surface area contributed by atoms with E-state index >= 15 is 0 Å². The van der Waals surface area contributed by atoms with Crippen molar-refractivity contribution >= 4 is 36.9 Å². The molecule has 0 amide bonds. The lowest BCUT2D eigenvalue weighted by molar-refractivity contribution is -0.138. The van der Waals surface area contributed by atoms with Crippen molar-refractivity contribution in [3.63, 3.8) is 0 Å². The Morgan fingerprint density at radius 2 is 1.88 bits per heavy atom. The first-order valence-corrected chi connectivity index (χ1v) is 7.00. The van der Waals surface area contributed by atoms with Gasteiger partial charge in [-0.3, -0.25) is 4.79 Å².